The van der Waals surface area contributed by atoms with Gasteiger partial charge in [-0.25, -0.2) is 9.48 Å². The van der Waals surface area contributed by atoms with Gasteiger partial charge in [-0.1, -0.05) is 54.6 Å². The maximum absolute atomic E-state index is 11.7. The second kappa shape index (κ2) is 8.44. The molecule has 0 fully saturated rings. The highest BCUT2D eigenvalue weighted by Crippen LogP contribution is 2.25. The number of carboxylic acid groups (broad SMARTS) is 1. The van der Waals surface area contributed by atoms with Crippen LogP contribution in [0.25, 0.3) is 5.69 Å². The van der Waals surface area contributed by atoms with E-state index in [2.05, 4.69) is 22.5 Å². The molecule has 0 bridgehead atoms. The Hall–Kier alpha value is -3.86. The summed E-state index contributed by atoms with van der Waals surface area (Å²) in [6.45, 7) is 0. The lowest BCUT2D eigenvalue weighted by Gasteiger charge is -2.13. The summed E-state index contributed by atoms with van der Waals surface area (Å²) in [6, 6.07) is 27.3. The van der Waals surface area contributed by atoms with E-state index in [1.165, 1.54) is 5.56 Å². The van der Waals surface area contributed by atoms with Crippen LogP contribution >= 0.6 is 0 Å². The minimum absolute atomic E-state index is 0.231. The summed E-state index contributed by atoms with van der Waals surface area (Å²) in [5.41, 5.74) is 4.02. The van der Waals surface area contributed by atoms with Crippen molar-refractivity contribution in [2.24, 2.45) is 0 Å². The van der Waals surface area contributed by atoms with Crippen molar-refractivity contribution in [1.29, 1.82) is 0 Å². The fraction of sp³-hybridized carbons (Fsp3) is 0.0833. The summed E-state index contributed by atoms with van der Waals surface area (Å²) in [5.74, 6) is -0.258. The number of carboxylic acids is 1. The number of nitrogens with one attached hydrogen (secondary N) is 1. The lowest BCUT2D eigenvalue weighted by molar-refractivity contribution is 0.0698. The van der Waals surface area contributed by atoms with Gasteiger partial charge in [0.2, 0.25) is 0 Å². The van der Waals surface area contributed by atoms with Gasteiger partial charge in [0.1, 0.15) is 5.82 Å². The van der Waals surface area contributed by atoms with E-state index in [1.807, 2.05) is 66.7 Å². The van der Waals surface area contributed by atoms with Crippen LogP contribution in [0.15, 0.2) is 91.1 Å². The summed E-state index contributed by atoms with van der Waals surface area (Å²) in [7, 11) is 0. The van der Waals surface area contributed by atoms with Gasteiger partial charge in [-0.2, -0.15) is 5.10 Å². The standard InChI is InChI=1S/C24H21N3O2/c28-24(29)21-14-13-19(12-11-18-7-3-1-4-8-18)17-22(21)26-23-15-16-25-27(23)20-9-5-2-6-10-20/h1-10,13-17,26H,11-12H2,(H,28,29). The van der Waals surface area contributed by atoms with Crippen molar-refractivity contribution in [1.82, 2.24) is 9.78 Å². The monoisotopic (exact) mass is 383 g/mol. The average molecular weight is 383 g/mol. The molecule has 1 aromatic heterocycles. The van der Waals surface area contributed by atoms with Crippen LogP contribution in [0.5, 0.6) is 0 Å². The highest BCUT2D eigenvalue weighted by atomic mass is 16.4. The molecule has 3 aromatic carbocycles. The molecule has 0 aliphatic carbocycles. The average Bonchev–Trinajstić information content (AvgIpc) is 3.22. The number of benzene rings is 3. The van der Waals surface area contributed by atoms with Crippen LogP contribution in [-0.4, -0.2) is 20.9 Å². The minimum atomic E-state index is -0.965. The molecule has 29 heavy (non-hydrogen) atoms. The van der Waals surface area contributed by atoms with Crippen LogP contribution in [0.2, 0.25) is 0 Å². The fourth-order valence-electron chi connectivity index (χ4n) is 3.28. The van der Waals surface area contributed by atoms with Crippen LogP contribution in [0.1, 0.15) is 21.5 Å². The van der Waals surface area contributed by atoms with Gasteiger partial charge in [0.05, 0.1) is 23.1 Å². The second-order valence-corrected chi connectivity index (χ2v) is 6.76. The second-order valence-electron chi connectivity index (χ2n) is 6.76. The van der Waals surface area contributed by atoms with E-state index in [0.29, 0.717) is 11.5 Å². The molecule has 0 aliphatic heterocycles. The Morgan fingerprint density at radius 1 is 0.862 bits per heavy atom. The Morgan fingerprint density at radius 3 is 2.28 bits per heavy atom. The Bertz CT molecular complexity index is 1110. The molecule has 0 saturated heterocycles. The normalized spacial score (nSPS) is 10.6. The van der Waals surface area contributed by atoms with Crippen molar-refractivity contribution >= 4 is 17.5 Å². The molecule has 0 radical (unpaired) electrons. The number of anilines is 2. The van der Waals surface area contributed by atoms with E-state index in [9.17, 15) is 9.90 Å². The molecule has 0 unspecified atom stereocenters. The largest absolute Gasteiger partial charge is 0.478 e. The van der Waals surface area contributed by atoms with Crippen LogP contribution in [-0.2, 0) is 12.8 Å². The molecular formula is C24H21N3O2. The van der Waals surface area contributed by atoms with Gasteiger partial charge >= 0.3 is 5.97 Å². The number of rotatable bonds is 7. The van der Waals surface area contributed by atoms with Crippen LogP contribution < -0.4 is 5.32 Å². The van der Waals surface area contributed by atoms with Crippen molar-refractivity contribution in [2.75, 3.05) is 5.32 Å². The first kappa shape index (κ1) is 18.5. The molecule has 144 valence electrons. The van der Waals surface area contributed by atoms with E-state index < -0.39 is 5.97 Å². The van der Waals surface area contributed by atoms with Crippen LogP contribution in [0.4, 0.5) is 11.5 Å². The Labute approximate surface area is 169 Å². The molecule has 0 atom stereocenters. The zero-order valence-corrected chi connectivity index (χ0v) is 15.8. The third-order valence-corrected chi connectivity index (χ3v) is 4.77. The van der Waals surface area contributed by atoms with Gasteiger partial charge < -0.3 is 10.4 Å². The number of aryl methyl sites for hydroxylation is 2. The quantitative estimate of drug-likeness (QED) is 0.466. The van der Waals surface area contributed by atoms with Crippen LogP contribution in [0.3, 0.4) is 0 Å². The SMILES string of the molecule is O=C(O)c1ccc(CCc2ccccc2)cc1Nc1ccnn1-c1ccccc1. The maximum atomic E-state index is 11.7. The predicted molar refractivity (Wildman–Crippen MR) is 114 cm³/mol. The highest BCUT2D eigenvalue weighted by molar-refractivity contribution is 5.95. The lowest BCUT2D eigenvalue weighted by Crippen LogP contribution is -2.07. The molecule has 5 heteroatoms. The number of aromatic carboxylic acids is 1. The third-order valence-electron chi connectivity index (χ3n) is 4.77. The van der Waals surface area contributed by atoms with Crippen molar-refractivity contribution in [3.05, 3.63) is 108 Å². The summed E-state index contributed by atoms with van der Waals surface area (Å²) < 4.78 is 1.75. The van der Waals surface area contributed by atoms with E-state index >= 15 is 0 Å². The third kappa shape index (κ3) is 4.35. The smallest absolute Gasteiger partial charge is 0.337 e. The number of nitrogens with zero attached hydrogens (tertiary/aromatic N) is 2. The van der Waals surface area contributed by atoms with Crippen molar-refractivity contribution in [2.45, 2.75) is 12.8 Å². The minimum Gasteiger partial charge on any atom is -0.478 e. The highest BCUT2D eigenvalue weighted by Gasteiger charge is 2.13. The van der Waals surface area contributed by atoms with Gasteiger partial charge in [0, 0.05) is 6.07 Å². The fourth-order valence-corrected chi connectivity index (χ4v) is 3.28. The van der Waals surface area contributed by atoms with Gasteiger partial charge in [0.15, 0.2) is 0 Å². The first-order valence-corrected chi connectivity index (χ1v) is 9.47. The number of carbonyl (C=O) groups is 1. The van der Waals surface area contributed by atoms with Gasteiger partial charge in [-0.15, -0.1) is 0 Å². The van der Waals surface area contributed by atoms with Crippen molar-refractivity contribution in [3.8, 4) is 5.69 Å². The van der Waals surface area contributed by atoms with Gasteiger partial charge in [-0.3, -0.25) is 0 Å². The van der Waals surface area contributed by atoms with Crippen LogP contribution in [0, 0.1) is 0 Å². The lowest BCUT2D eigenvalue weighted by atomic mass is 10.0. The molecule has 4 rings (SSSR count). The molecule has 0 aliphatic rings. The van der Waals surface area contributed by atoms with E-state index in [-0.39, 0.29) is 5.56 Å². The first-order valence-electron chi connectivity index (χ1n) is 9.47. The molecule has 2 N–H and O–H groups in total. The summed E-state index contributed by atoms with van der Waals surface area (Å²) in [4.78, 5) is 11.7. The molecule has 1 heterocycles. The van der Waals surface area contributed by atoms with E-state index in [0.717, 1.165) is 24.1 Å². The summed E-state index contributed by atoms with van der Waals surface area (Å²) in [6.07, 6.45) is 3.42. The molecular weight excluding hydrogens is 362 g/mol. The maximum Gasteiger partial charge on any atom is 0.337 e. The summed E-state index contributed by atoms with van der Waals surface area (Å²) in [5, 5.41) is 17.2. The van der Waals surface area contributed by atoms with E-state index in [4.69, 9.17) is 0 Å². The number of hydrogen-bond donors (Lipinski definition) is 2. The zero-order chi connectivity index (χ0) is 20.1. The number of hydrogen-bond acceptors (Lipinski definition) is 3. The Morgan fingerprint density at radius 2 is 1.55 bits per heavy atom. The predicted octanol–water partition coefficient (Wildman–Crippen LogP) is 5.10. The van der Waals surface area contributed by atoms with Crippen molar-refractivity contribution in [3.63, 3.8) is 0 Å². The number of aromatic nitrogens is 2. The molecule has 4 aromatic rings. The first-order chi connectivity index (χ1) is 14.2. The summed E-state index contributed by atoms with van der Waals surface area (Å²) >= 11 is 0. The molecule has 0 spiro atoms. The van der Waals surface area contributed by atoms with Gasteiger partial charge in [0.25, 0.3) is 0 Å². The zero-order valence-electron chi connectivity index (χ0n) is 15.8. The van der Waals surface area contributed by atoms with E-state index in [1.54, 1.807) is 16.9 Å². The molecule has 0 saturated carbocycles. The molecule has 5 nitrogen and oxygen atoms in total. The topological polar surface area (TPSA) is 67.2 Å². The Balaban J connectivity index is 1.61. The number of para-hydroxylation sites is 1. The Kier molecular flexibility index (Phi) is 5.38. The van der Waals surface area contributed by atoms with Gasteiger partial charge in [-0.05, 0) is 48.2 Å². The molecule has 0 amide bonds. The van der Waals surface area contributed by atoms with Crippen molar-refractivity contribution < 1.29 is 9.90 Å².